The molecule has 0 fully saturated rings. The molecule has 0 aliphatic heterocycles. The Morgan fingerprint density at radius 2 is 1.96 bits per heavy atom. The van der Waals surface area contributed by atoms with E-state index in [4.69, 9.17) is 10.8 Å². The number of aromatic amines is 1. The van der Waals surface area contributed by atoms with Crippen molar-refractivity contribution in [2.24, 2.45) is 5.73 Å². The van der Waals surface area contributed by atoms with Crippen molar-refractivity contribution in [3.05, 3.63) is 18.2 Å². The van der Waals surface area contributed by atoms with Crippen molar-refractivity contribution < 1.29 is 24.3 Å². The van der Waals surface area contributed by atoms with Gasteiger partial charge >= 0.3 is 5.97 Å². The molecule has 0 aromatic carbocycles. The molecule has 0 saturated heterocycles. The van der Waals surface area contributed by atoms with Crippen molar-refractivity contribution in [2.75, 3.05) is 13.1 Å². The molecule has 1 aromatic heterocycles. The number of carbonyl (C=O) groups excluding carboxylic acids is 3. The number of nitrogens with one attached hydrogen (secondary N) is 4. The van der Waals surface area contributed by atoms with Crippen LogP contribution in [0.2, 0.25) is 0 Å². The molecule has 3 amide bonds. The molecule has 0 saturated carbocycles. The van der Waals surface area contributed by atoms with Gasteiger partial charge in [-0.2, -0.15) is 0 Å². The zero-order valence-electron chi connectivity index (χ0n) is 13.0. The fraction of sp³-hybridized carbons (Fsp3) is 0.462. The normalized spacial score (nSPS) is 12.8. The number of carboxylic acid groups (broad SMARTS) is 1. The van der Waals surface area contributed by atoms with E-state index < -0.39 is 48.9 Å². The lowest BCUT2D eigenvalue weighted by atomic mass is 10.1. The van der Waals surface area contributed by atoms with E-state index in [2.05, 4.69) is 25.9 Å². The molecule has 0 spiro atoms. The Morgan fingerprint density at radius 1 is 1.25 bits per heavy atom. The van der Waals surface area contributed by atoms with E-state index in [1.165, 1.54) is 13.3 Å². The first-order valence-electron chi connectivity index (χ1n) is 7.09. The van der Waals surface area contributed by atoms with Crippen molar-refractivity contribution in [1.29, 1.82) is 0 Å². The highest BCUT2D eigenvalue weighted by molar-refractivity contribution is 5.92. The number of nitrogens with two attached hydrogens (primary N) is 1. The van der Waals surface area contributed by atoms with Gasteiger partial charge in [-0.05, 0) is 6.92 Å². The zero-order chi connectivity index (χ0) is 18.1. The minimum atomic E-state index is -1.19. The second-order valence-electron chi connectivity index (χ2n) is 5.01. The van der Waals surface area contributed by atoms with Crippen molar-refractivity contribution in [3.8, 4) is 0 Å². The van der Waals surface area contributed by atoms with Crippen LogP contribution in [0.4, 0.5) is 0 Å². The van der Waals surface area contributed by atoms with Gasteiger partial charge in [-0.25, -0.2) is 4.98 Å². The average molecular weight is 340 g/mol. The van der Waals surface area contributed by atoms with E-state index in [1.807, 2.05) is 0 Å². The van der Waals surface area contributed by atoms with E-state index in [0.29, 0.717) is 5.69 Å². The molecule has 0 aliphatic carbocycles. The highest BCUT2D eigenvalue weighted by Crippen LogP contribution is 1.97. The summed E-state index contributed by atoms with van der Waals surface area (Å²) >= 11 is 0. The first-order valence-corrected chi connectivity index (χ1v) is 7.09. The number of aromatic nitrogens is 2. The van der Waals surface area contributed by atoms with Crippen LogP contribution in [0.25, 0.3) is 0 Å². The quantitative estimate of drug-likeness (QED) is 0.279. The molecule has 132 valence electrons. The van der Waals surface area contributed by atoms with E-state index in [1.54, 1.807) is 6.20 Å². The minimum Gasteiger partial charge on any atom is -0.480 e. The maximum Gasteiger partial charge on any atom is 0.322 e. The topological polar surface area (TPSA) is 179 Å². The van der Waals surface area contributed by atoms with E-state index in [0.717, 1.165) is 0 Å². The van der Waals surface area contributed by atoms with Crippen molar-refractivity contribution in [2.45, 2.75) is 25.4 Å². The number of carbonyl (C=O) groups is 4. The summed E-state index contributed by atoms with van der Waals surface area (Å²) in [5, 5.41) is 15.2. The molecule has 1 aromatic rings. The molecule has 11 nitrogen and oxygen atoms in total. The lowest BCUT2D eigenvalue weighted by Crippen LogP contribution is -2.52. The largest absolute Gasteiger partial charge is 0.480 e. The molecule has 7 N–H and O–H groups in total. The van der Waals surface area contributed by atoms with Crippen LogP contribution in [0.3, 0.4) is 0 Å². The number of hydrogen-bond acceptors (Lipinski definition) is 6. The second-order valence-corrected chi connectivity index (χ2v) is 5.01. The second kappa shape index (κ2) is 9.25. The van der Waals surface area contributed by atoms with Gasteiger partial charge < -0.3 is 31.8 Å². The number of rotatable bonds is 9. The number of H-pyrrole nitrogens is 1. The lowest BCUT2D eigenvalue weighted by molar-refractivity contribution is -0.138. The number of amides is 3. The van der Waals surface area contributed by atoms with Crippen LogP contribution in [-0.2, 0) is 25.6 Å². The number of aliphatic carboxylic acids is 1. The molecule has 1 rings (SSSR count). The van der Waals surface area contributed by atoms with Crippen molar-refractivity contribution >= 4 is 23.7 Å². The SMILES string of the molecule is CC(NC(=O)C(N)Cc1cnc[nH]1)C(=O)NCC(=O)NCC(=O)O. The summed E-state index contributed by atoms with van der Waals surface area (Å²) in [6.45, 7) is 0.501. The van der Waals surface area contributed by atoms with Crippen LogP contribution in [0.15, 0.2) is 12.5 Å². The standard InChI is InChI=1S/C13H20N6O5/c1-7(12(23)17-4-10(20)16-5-11(21)22)19-13(24)9(14)2-8-3-15-6-18-8/h3,6-7,9H,2,4-5,14H2,1H3,(H,15,18)(H,16,20)(H,17,23)(H,19,24)(H,21,22). The van der Waals surface area contributed by atoms with Gasteiger partial charge in [0.05, 0.1) is 18.9 Å². The number of carboxylic acids is 1. The molecule has 24 heavy (non-hydrogen) atoms. The highest BCUT2D eigenvalue weighted by Gasteiger charge is 2.21. The summed E-state index contributed by atoms with van der Waals surface area (Å²) < 4.78 is 0. The van der Waals surface area contributed by atoms with Gasteiger partial charge in [-0.3, -0.25) is 19.2 Å². The van der Waals surface area contributed by atoms with Gasteiger partial charge in [0.15, 0.2) is 0 Å². The molecule has 1 heterocycles. The average Bonchev–Trinajstić information content (AvgIpc) is 3.03. The Bertz CT molecular complexity index is 588. The van der Waals surface area contributed by atoms with Crippen LogP contribution in [0.1, 0.15) is 12.6 Å². The summed E-state index contributed by atoms with van der Waals surface area (Å²) in [6.07, 6.45) is 3.24. The maximum atomic E-state index is 11.9. The van der Waals surface area contributed by atoms with Crippen LogP contribution >= 0.6 is 0 Å². The third-order valence-electron chi connectivity index (χ3n) is 2.94. The van der Waals surface area contributed by atoms with Crippen molar-refractivity contribution in [1.82, 2.24) is 25.9 Å². The fourth-order valence-electron chi connectivity index (χ4n) is 1.67. The molecule has 11 heteroatoms. The van der Waals surface area contributed by atoms with Gasteiger partial charge in [0.1, 0.15) is 12.6 Å². The predicted octanol–water partition coefficient (Wildman–Crippen LogP) is -2.90. The third kappa shape index (κ3) is 6.87. The molecular weight excluding hydrogens is 320 g/mol. The summed E-state index contributed by atoms with van der Waals surface area (Å²) in [6, 6.07) is -1.77. The van der Waals surface area contributed by atoms with Gasteiger partial charge in [0, 0.05) is 18.3 Å². The summed E-state index contributed by atoms with van der Waals surface area (Å²) in [5.41, 5.74) is 6.42. The Hall–Kier alpha value is -2.95. The minimum absolute atomic E-state index is 0.234. The van der Waals surface area contributed by atoms with Gasteiger partial charge in [0.2, 0.25) is 17.7 Å². The molecule has 0 radical (unpaired) electrons. The molecular formula is C13H20N6O5. The van der Waals surface area contributed by atoms with Crippen LogP contribution in [0.5, 0.6) is 0 Å². The van der Waals surface area contributed by atoms with Gasteiger partial charge in [-0.1, -0.05) is 0 Å². The van der Waals surface area contributed by atoms with E-state index in [9.17, 15) is 19.2 Å². The zero-order valence-corrected chi connectivity index (χ0v) is 13.0. The summed E-state index contributed by atoms with van der Waals surface area (Å²) in [4.78, 5) is 51.9. The van der Waals surface area contributed by atoms with Gasteiger partial charge in [-0.15, -0.1) is 0 Å². The Kier molecular flexibility index (Phi) is 7.36. The van der Waals surface area contributed by atoms with Gasteiger partial charge in [0.25, 0.3) is 0 Å². The smallest absolute Gasteiger partial charge is 0.322 e. The molecule has 2 unspecified atom stereocenters. The van der Waals surface area contributed by atoms with Crippen molar-refractivity contribution in [3.63, 3.8) is 0 Å². The predicted molar refractivity (Wildman–Crippen MR) is 81.5 cm³/mol. The van der Waals surface area contributed by atoms with E-state index in [-0.39, 0.29) is 6.42 Å². The lowest BCUT2D eigenvalue weighted by Gasteiger charge is -2.17. The summed E-state index contributed by atoms with van der Waals surface area (Å²) in [5.74, 6) is -2.97. The third-order valence-corrected chi connectivity index (χ3v) is 2.94. The fourth-order valence-corrected chi connectivity index (χ4v) is 1.67. The maximum absolute atomic E-state index is 11.9. The first-order chi connectivity index (χ1) is 11.3. The van der Waals surface area contributed by atoms with Crippen LogP contribution in [0, 0.1) is 0 Å². The Balaban J connectivity index is 2.33. The molecule has 0 bridgehead atoms. The Labute approximate surface area is 137 Å². The Morgan fingerprint density at radius 3 is 2.54 bits per heavy atom. The number of hydrogen-bond donors (Lipinski definition) is 6. The molecule has 2 atom stereocenters. The highest BCUT2D eigenvalue weighted by atomic mass is 16.4. The van der Waals surface area contributed by atoms with Crippen LogP contribution in [-0.4, -0.2) is 63.9 Å². The molecule has 0 aliphatic rings. The number of imidazole rings is 1. The van der Waals surface area contributed by atoms with Crippen LogP contribution < -0.4 is 21.7 Å². The monoisotopic (exact) mass is 340 g/mol. The van der Waals surface area contributed by atoms with E-state index >= 15 is 0 Å². The first kappa shape index (κ1) is 19.1. The number of nitrogens with zero attached hydrogens (tertiary/aromatic N) is 1. The summed E-state index contributed by atoms with van der Waals surface area (Å²) in [7, 11) is 0.